The van der Waals surface area contributed by atoms with E-state index in [1.165, 1.54) is 31.2 Å². The number of sulfone groups is 2. The average molecular weight is 405 g/mol. The van der Waals surface area contributed by atoms with Crippen molar-refractivity contribution >= 4 is 26.0 Å². The summed E-state index contributed by atoms with van der Waals surface area (Å²) in [7, 11) is -8.66. The molecule has 7 heteroatoms. The summed E-state index contributed by atoms with van der Waals surface area (Å²) in [6, 6.07) is 15.0. The topological polar surface area (TPSA) is 85.3 Å². The van der Waals surface area contributed by atoms with Crippen molar-refractivity contribution in [3.8, 4) is 0 Å². The minimum absolute atomic E-state index is 0.0903. The first kappa shape index (κ1) is 19.5. The Morgan fingerprint density at radius 2 is 1.26 bits per heavy atom. The molecule has 0 saturated heterocycles. The zero-order chi connectivity index (χ0) is 19.9. The molecule has 0 amide bonds. The van der Waals surface area contributed by atoms with Gasteiger partial charge in [0.1, 0.15) is 6.29 Å². The highest BCUT2D eigenvalue weighted by Crippen LogP contribution is 2.55. The van der Waals surface area contributed by atoms with Gasteiger partial charge in [0.05, 0.1) is 9.79 Å². The summed E-state index contributed by atoms with van der Waals surface area (Å²) in [5.74, 6) is 0. The normalized spacial score (nSPS) is 22.5. The van der Waals surface area contributed by atoms with Crippen molar-refractivity contribution in [2.45, 2.75) is 33.6 Å². The highest BCUT2D eigenvalue weighted by atomic mass is 32.3. The van der Waals surface area contributed by atoms with Gasteiger partial charge in [-0.2, -0.15) is 0 Å². The third-order valence-corrected chi connectivity index (χ3v) is 10.9. The zero-order valence-corrected chi connectivity index (χ0v) is 16.5. The van der Waals surface area contributed by atoms with Gasteiger partial charge in [-0.25, -0.2) is 16.8 Å². The second-order valence-electron chi connectivity index (χ2n) is 7.04. The van der Waals surface area contributed by atoms with E-state index in [0.717, 1.165) is 0 Å². The van der Waals surface area contributed by atoms with Crippen molar-refractivity contribution in [1.82, 2.24) is 0 Å². The molecule has 0 bridgehead atoms. The molecule has 0 aliphatic heterocycles. The first-order chi connectivity index (χ1) is 12.6. The van der Waals surface area contributed by atoms with E-state index in [-0.39, 0.29) is 22.6 Å². The van der Waals surface area contributed by atoms with Gasteiger partial charge in [-0.3, -0.25) is 0 Å². The summed E-state index contributed by atoms with van der Waals surface area (Å²) < 4.78 is 52.2. The lowest BCUT2D eigenvalue weighted by atomic mass is 9.87. The molecule has 1 saturated carbocycles. The molecular formula is C20H20O5S2. The predicted octanol–water partition coefficient (Wildman–Crippen LogP) is 3.19. The van der Waals surface area contributed by atoms with Crippen LogP contribution in [0.3, 0.4) is 0 Å². The van der Waals surface area contributed by atoms with E-state index < -0.39 is 29.2 Å². The largest absolute Gasteiger partial charge is 0.302 e. The van der Waals surface area contributed by atoms with Crippen LogP contribution in [-0.4, -0.2) is 27.2 Å². The second-order valence-corrected chi connectivity index (χ2v) is 11.8. The van der Waals surface area contributed by atoms with Crippen LogP contribution in [0.5, 0.6) is 0 Å². The second kappa shape index (κ2) is 6.42. The fourth-order valence-electron chi connectivity index (χ4n) is 3.55. The van der Waals surface area contributed by atoms with Crippen LogP contribution < -0.4 is 0 Å². The minimum Gasteiger partial charge on any atom is -0.302 e. The Balaban J connectivity index is 2.34. The van der Waals surface area contributed by atoms with Crippen molar-refractivity contribution in [3.05, 3.63) is 72.8 Å². The first-order valence-electron chi connectivity index (χ1n) is 8.35. The number of allylic oxidation sites excluding steroid dienone is 1. The Labute approximate surface area is 159 Å². The smallest absolute Gasteiger partial charge is 0.199 e. The molecular weight excluding hydrogens is 384 g/mol. The minimum atomic E-state index is -4.33. The summed E-state index contributed by atoms with van der Waals surface area (Å²) in [5.41, 5.74) is -0.930. The summed E-state index contributed by atoms with van der Waals surface area (Å²) in [6.45, 7) is 5.36. The number of benzene rings is 2. The van der Waals surface area contributed by atoms with Crippen LogP contribution in [0.2, 0.25) is 0 Å². The molecule has 1 aliphatic carbocycles. The van der Waals surface area contributed by atoms with E-state index in [2.05, 4.69) is 6.58 Å². The highest BCUT2D eigenvalue weighted by molar-refractivity contribution is 8.10. The predicted molar refractivity (Wildman–Crippen MR) is 103 cm³/mol. The van der Waals surface area contributed by atoms with Crippen LogP contribution in [0.1, 0.15) is 19.8 Å². The first-order valence-corrected chi connectivity index (χ1v) is 11.3. The number of carbonyl (C=O) groups is 1. The van der Waals surface area contributed by atoms with Crippen molar-refractivity contribution < 1.29 is 21.6 Å². The third-order valence-electron chi connectivity index (χ3n) is 5.27. The summed E-state index contributed by atoms with van der Waals surface area (Å²) >= 11 is 0. The van der Waals surface area contributed by atoms with Crippen molar-refractivity contribution in [2.24, 2.45) is 5.41 Å². The van der Waals surface area contributed by atoms with Crippen LogP contribution in [0, 0.1) is 5.41 Å². The summed E-state index contributed by atoms with van der Waals surface area (Å²) in [6.07, 6.45) is -0.0917. The molecule has 0 radical (unpaired) electrons. The van der Waals surface area contributed by atoms with E-state index >= 15 is 0 Å². The number of carbonyl (C=O) groups excluding carboxylic acids is 1. The molecule has 0 heterocycles. The van der Waals surface area contributed by atoms with Gasteiger partial charge in [0.25, 0.3) is 0 Å². The molecule has 1 aliphatic rings. The van der Waals surface area contributed by atoms with Crippen molar-refractivity contribution in [1.29, 1.82) is 0 Å². The number of hydrogen-bond donors (Lipinski definition) is 0. The molecule has 1 atom stereocenters. The Kier molecular flexibility index (Phi) is 4.64. The highest BCUT2D eigenvalue weighted by Gasteiger charge is 2.64. The Morgan fingerprint density at radius 1 is 0.852 bits per heavy atom. The lowest BCUT2D eigenvalue weighted by molar-refractivity contribution is -0.113. The van der Waals surface area contributed by atoms with E-state index in [1.807, 2.05) is 0 Å². The monoisotopic (exact) mass is 404 g/mol. The lowest BCUT2D eigenvalue weighted by Crippen LogP contribution is -2.45. The molecule has 0 N–H and O–H groups in total. The molecule has 0 spiro atoms. The molecule has 27 heavy (non-hydrogen) atoms. The van der Waals surface area contributed by atoms with Crippen LogP contribution >= 0.6 is 0 Å². The van der Waals surface area contributed by atoms with Crippen LogP contribution in [0.15, 0.2) is 82.6 Å². The third kappa shape index (κ3) is 2.76. The lowest BCUT2D eigenvalue weighted by Gasteiger charge is -2.30. The molecule has 1 unspecified atom stereocenters. The Hall–Kier alpha value is -2.25. The molecule has 3 rings (SSSR count). The van der Waals surface area contributed by atoms with Crippen molar-refractivity contribution in [2.75, 3.05) is 0 Å². The van der Waals surface area contributed by atoms with E-state index in [0.29, 0.717) is 11.9 Å². The number of hydrogen-bond acceptors (Lipinski definition) is 5. The zero-order valence-electron chi connectivity index (χ0n) is 14.8. The maximum atomic E-state index is 13.6. The Morgan fingerprint density at radius 3 is 1.59 bits per heavy atom. The van der Waals surface area contributed by atoms with E-state index in [1.54, 1.807) is 36.4 Å². The molecule has 5 nitrogen and oxygen atoms in total. The van der Waals surface area contributed by atoms with E-state index in [4.69, 9.17) is 0 Å². The quantitative estimate of drug-likeness (QED) is 0.564. The summed E-state index contributed by atoms with van der Waals surface area (Å²) in [5, 5.41) is 0. The number of aldehydes is 1. The number of rotatable bonds is 5. The van der Waals surface area contributed by atoms with Gasteiger partial charge in [-0.15, -0.1) is 0 Å². The average Bonchev–Trinajstić information content (AvgIpc) is 2.97. The van der Waals surface area contributed by atoms with Gasteiger partial charge in [0.15, 0.2) is 23.8 Å². The van der Waals surface area contributed by atoms with Gasteiger partial charge in [0, 0.05) is 11.8 Å². The van der Waals surface area contributed by atoms with E-state index in [9.17, 15) is 21.6 Å². The fraction of sp³-hybridized carbons (Fsp3) is 0.250. The van der Waals surface area contributed by atoms with Crippen LogP contribution in [0.25, 0.3) is 0 Å². The van der Waals surface area contributed by atoms with Gasteiger partial charge < -0.3 is 4.79 Å². The van der Waals surface area contributed by atoms with Gasteiger partial charge in [-0.1, -0.05) is 48.6 Å². The van der Waals surface area contributed by atoms with Crippen molar-refractivity contribution in [3.63, 3.8) is 0 Å². The van der Waals surface area contributed by atoms with Crippen LogP contribution in [-0.2, 0) is 24.5 Å². The molecule has 142 valence electrons. The SMILES string of the molecule is C=C1CC(S(=O)(=O)c2ccccc2)(S(=O)(=O)c2ccccc2)CC1(C)C=O. The van der Waals surface area contributed by atoms with Gasteiger partial charge >= 0.3 is 0 Å². The van der Waals surface area contributed by atoms with Crippen LogP contribution in [0.4, 0.5) is 0 Å². The molecule has 0 aromatic heterocycles. The Bertz CT molecular complexity index is 1020. The molecule has 2 aromatic carbocycles. The molecule has 2 aromatic rings. The fourth-order valence-corrected chi connectivity index (χ4v) is 8.88. The maximum absolute atomic E-state index is 13.6. The summed E-state index contributed by atoms with van der Waals surface area (Å²) in [4.78, 5) is 11.5. The maximum Gasteiger partial charge on any atom is 0.199 e. The molecule has 1 fully saturated rings. The van der Waals surface area contributed by atoms with Gasteiger partial charge in [0.2, 0.25) is 0 Å². The standard InChI is InChI=1S/C20H20O5S2/c1-16-13-20(14-19(16,2)15-21,26(22,23)17-9-5-3-6-10-17)27(24,25)18-11-7-4-8-12-18/h3-12,15H,1,13-14H2,2H3. The van der Waals surface area contributed by atoms with Gasteiger partial charge in [-0.05, 0) is 37.6 Å².